The second kappa shape index (κ2) is 56.5. The Kier molecular flexibility index (Phi) is 46.3. The Morgan fingerprint density at radius 2 is 0.688 bits per heavy atom. The lowest BCUT2D eigenvalue weighted by molar-refractivity contribution is -0.136. The molecule has 0 aliphatic carbocycles. The highest BCUT2D eigenvalue weighted by Gasteiger charge is 2.31. The number of hydrogen-bond donors (Lipinski definition) is 14. The molecule has 4 aliphatic heterocycles. The first-order valence-electron chi connectivity index (χ1n) is 44.3. The molecule has 5 aromatic carbocycles. The SMILES string of the molecule is C/C(=N\NC(=S)N1CCC(CO)CC1)c1csc(-c2ccc(Cl)c(Cl)c2)c1O.C/C(=N\NC(=S)N1CCC(O)CC1)c1csc(-c2ccc(Cl)c(Cl)c2)c1O.C/C(=N\NC(=S)N1CCCC(O)C1)c1csc(-c2ccc(Cl)c(Cl)c2)c1O.CCN(CC)C(=O)C1CCN(C(=S)N/N=C(\C)c2csc(-c3ccc(Cl)c(Cl)c3)c2O)CC1.COCCCNC(=S)N/N=C(\C)c1csc(-c2ccc(Cl)c(Cl)c2)c1O. The van der Waals surface area contributed by atoms with Crippen molar-refractivity contribution in [1.29, 1.82) is 0 Å². The van der Waals surface area contributed by atoms with Crippen LogP contribution in [0.25, 0.3) is 52.2 Å². The number of amides is 1. The van der Waals surface area contributed by atoms with Gasteiger partial charge in [-0.25, -0.2) is 0 Å². The van der Waals surface area contributed by atoms with Crippen LogP contribution in [0.3, 0.4) is 0 Å². The van der Waals surface area contributed by atoms with Crippen molar-refractivity contribution in [3.63, 3.8) is 0 Å². The third kappa shape index (κ3) is 32.6. The minimum absolute atomic E-state index is 0.0525. The van der Waals surface area contributed by atoms with Crippen molar-refractivity contribution in [2.75, 3.05) is 92.3 Å². The maximum atomic E-state index is 12.6. The summed E-state index contributed by atoms with van der Waals surface area (Å²) in [6.07, 6.45) is 6.70. The van der Waals surface area contributed by atoms with Gasteiger partial charge in [-0.1, -0.05) is 146 Å². The fourth-order valence-corrected chi connectivity index (χ4v) is 22.2. The molecule has 0 spiro atoms. The summed E-state index contributed by atoms with van der Waals surface area (Å²) in [5, 5.41) is 122. The summed E-state index contributed by atoms with van der Waals surface area (Å²) in [7, 11) is 1.66. The fraction of sp³-hybridized carbons (Fsp3) is 0.358. The third-order valence-electron chi connectivity index (χ3n) is 22.9. The van der Waals surface area contributed by atoms with Crippen LogP contribution in [0.1, 0.15) is 134 Å². The molecule has 10 aromatic rings. The number of aromatic hydroxyl groups is 5. The second-order valence-electron chi connectivity index (χ2n) is 32.5. The fourth-order valence-electron chi connectivity index (χ4n) is 14.6. The molecule has 4 fully saturated rings. The zero-order chi connectivity index (χ0) is 103. The summed E-state index contributed by atoms with van der Waals surface area (Å²) >= 11 is 94.0. The number of nitrogens with zero attached hydrogens (tertiary/aromatic N) is 10. The third-order valence-corrected chi connectivity index (χ3v) is 33.3. The van der Waals surface area contributed by atoms with Crippen molar-refractivity contribution >= 4 is 294 Å². The van der Waals surface area contributed by atoms with Gasteiger partial charge in [0.05, 0.1) is 143 Å². The molecule has 9 heterocycles. The zero-order valence-electron chi connectivity index (χ0n) is 77.6. The first-order valence-corrected chi connectivity index (χ1v) is 54.6. The summed E-state index contributed by atoms with van der Waals surface area (Å²) in [4.78, 5) is 25.9. The van der Waals surface area contributed by atoms with Gasteiger partial charge in [0.25, 0.3) is 0 Å². The second-order valence-corrected chi connectivity index (χ2v) is 42.9. The van der Waals surface area contributed by atoms with Gasteiger partial charge >= 0.3 is 0 Å². The molecule has 0 radical (unpaired) electrons. The average Bonchev–Trinajstić information content (AvgIpc) is 1.69. The summed E-state index contributed by atoms with van der Waals surface area (Å²) in [5.74, 6) is 1.37. The molecule has 1 atom stereocenters. The maximum absolute atomic E-state index is 12.6. The van der Waals surface area contributed by atoms with Gasteiger partial charge in [-0.3, -0.25) is 31.9 Å². The van der Waals surface area contributed by atoms with Gasteiger partial charge in [-0.2, -0.15) is 25.5 Å². The number of hydrogen-bond acceptors (Lipinski definition) is 25. The number of ether oxygens (including phenoxy) is 1. The van der Waals surface area contributed by atoms with Crippen molar-refractivity contribution in [1.82, 2.24) is 56.9 Å². The molecule has 1 unspecified atom stereocenters. The number of rotatable bonds is 23. The molecule has 4 saturated heterocycles. The van der Waals surface area contributed by atoms with E-state index in [2.05, 4.69) is 58.0 Å². The number of piperidine rings is 4. The van der Waals surface area contributed by atoms with E-state index >= 15 is 0 Å². The highest BCUT2D eigenvalue weighted by Crippen LogP contribution is 2.47. The van der Waals surface area contributed by atoms with E-state index in [0.717, 1.165) is 105 Å². The number of thiocarbonyl (C=S) groups is 5. The Balaban J connectivity index is 0.000000182. The normalized spacial score (nSPS) is 15.2. The van der Waals surface area contributed by atoms with E-state index in [1.807, 2.05) is 109 Å². The summed E-state index contributed by atoms with van der Waals surface area (Å²) in [6, 6.07) is 26.2. The van der Waals surface area contributed by atoms with Crippen molar-refractivity contribution in [3.8, 4) is 81.0 Å². The molecule has 46 heteroatoms. The van der Waals surface area contributed by atoms with Crippen LogP contribution >= 0.6 is 234 Å². The van der Waals surface area contributed by atoms with E-state index in [-0.39, 0.29) is 59.4 Å². The molecular weight excluding hydrogens is 2200 g/mol. The molecule has 0 bridgehead atoms. The van der Waals surface area contributed by atoms with Crippen molar-refractivity contribution in [2.24, 2.45) is 37.3 Å². The largest absolute Gasteiger partial charge is 0.506 e. The molecule has 756 valence electrons. The number of aliphatic hydroxyl groups excluding tert-OH is 3. The van der Waals surface area contributed by atoms with Crippen LogP contribution in [0.15, 0.2) is 143 Å². The average molecular weight is 2310 g/mol. The molecule has 0 saturated carbocycles. The number of benzene rings is 5. The minimum atomic E-state index is -0.363. The Morgan fingerprint density at radius 1 is 0.404 bits per heavy atom. The maximum Gasteiger partial charge on any atom is 0.225 e. The van der Waals surface area contributed by atoms with Gasteiger partial charge in [-0.05, 0) is 262 Å². The lowest BCUT2D eigenvalue weighted by Crippen LogP contribution is -2.46. The summed E-state index contributed by atoms with van der Waals surface area (Å²) < 4.78 is 4.97. The van der Waals surface area contributed by atoms with Crippen LogP contribution in [0.4, 0.5) is 0 Å². The molecule has 4 aliphatic rings. The number of likely N-dealkylation sites (tertiary alicyclic amines) is 4. The first kappa shape index (κ1) is 116. The van der Waals surface area contributed by atoms with E-state index in [1.54, 1.807) is 88.5 Å². The van der Waals surface area contributed by atoms with E-state index in [0.29, 0.717) is 221 Å². The van der Waals surface area contributed by atoms with Crippen LogP contribution in [0.5, 0.6) is 28.7 Å². The monoisotopic (exact) mass is 2300 g/mol. The molecule has 141 heavy (non-hydrogen) atoms. The Hall–Kier alpha value is -7.39. The zero-order valence-corrected chi connectivity index (χ0v) is 93.4. The van der Waals surface area contributed by atoms with Crippen molar-refractivity contribution in [2.45, 2.75) is 118 Å². The van der Waals surface area contributed by atoms with Gasteiger partial charge < -0.3 is 75.4 Å². The highest BCUT2D eigenvalue weighted by molar-refractivity contribution is 7.81. The molecule has 1 amide bonds. The Bertz CT molecular complexity index is 6210. The Morgan fingerprint density at radius 3 is 0.965 bits per heavy atom. The number of aliphatic hydroxyl groups is 3. The molecular formula is C95H106Cl10N16O10S10. The van der Waals surface area contributed by atoms with Crippen LogP contribution in [0, 0.1) is 11.8 Å². The quantitative estimate of drug-likeness (QED) is 0.0122. The number of carbonyl (C=O) groups excluding carboxylic acids is 1. The number of halogens is 10. The van der Waals surface area contributed by atoms with Gasteiger partial charge in [0, 0.05) is 125 Å². The molecule has 5 aromatic heterocycles. The number of thiophene rings is 5. The number of nitrogens with one attached hydrogen (secondary N) is 6. The van der Waals surface area contributed by atoms with Crippen LogP contribution in [-0.4, -0.2) is 230 Å². The van der Waals surface area contributed by atoms with Crippen LogP contribution in [-0.2, 0) is 9.53 Å². The van der Waals surface area contributed by atoms with Gasteiger partial charge in [0.1, 0.15) is 28.7 Å². The predicted octanol–water partition coefficient (Wildman–Crippen LogP) is 24.0. The molecule has 14 rings (SSSR count). The van der Waals surface area contributed by atoms with E-state index in [1.165, 1.54) is 56.7 Å². The van der Waals surface area contributed by atoms with Gasteiger partial charge in [0.15, 0.2) is 25.6 Å². The number of carbonyl (C=O) groups is 1. The van der Waals surface area contributed by atoms with Crippen LogP contribution in [0.2, 0.25) is 50.2 Å². The number of β-amino-alcohol motifs (C(OH)–C–C–N with tert-alkyl or cyclic N) is 1. The first-order chi connectivity index (χ1) is 67.3. The number of hydrazone groups is 5. The van der Waals surface area contributed by atoms with E-state index in [9.17, 15) is 45.6 Å². The topological polar surface area (TPSA) is 338 Å². The number of methoxy groups -OCH3 is 1. The molecule has 26 nitrogen and oxygen atoms in total. The van der Waals surface area contributed by atoms with Crippen LogP contribution < -0.4 is 32.4 Å². The molecule has 14 N–H and O–H groups in total. The van der Waals surface area contributed by atoms with E-state index < -0.39 is 0 Å². The van der Waals surface area contributed by atoms with Gasteiger partial charge in [-0.15, -0.1) is 56.7 Å². The standard InChI is InChI=1S/C23H28Cl2N4O2S2.C19H21Cl2N3O2S2.2C18H19Cl2N3O2S2.C17H19Cl2N3O2S2/c1-4-28(5-2)22(31)15-8-10-29(11-9-15)23(32)27-26-14(3)17-13-33-21(20(17)30)16-6-7-18(24)19(25)12-16;1-11(22-23-19(27)24-6-4-12(9-25)5-7-24)14-10-28-18(17(14)26)13-2-3-15(20)16(21)8-13;1-10(21-22-18(26)23-6-4-12(24)5-7-23)13-9-27-17(16(13)25)11-2-3-14(19)15(20)8-11;1-10(21-22-18(26)23-6-2-3-12(24)8-23)13-9-27-17(16(13)25)11-4-5-14(19)15(20)7-11;1-10(21-22-17(25)20-6-3-7-24-2)12-9-26-16(15(12)23)11-4-5-13(18)14(19)8-11/h6-7,12-13,15,30H,4-5,8-11H2,1-3H3,(H,27,32);2-3,8,10,12,25-26H,4-7,9H2,1H3,(H,23,27);2-3,8-9,12,24-25H,4-7H2,1H3,(H,22,26);4-5,7,9,12,24-25H,2-3,6,8H2,1H3,(H,22,26);4-5,8-9,23H,3,6-7H2,1-2H3,(H2,20,22,25)/b26-14+;22-11+;3*21-10+. The summed E-state index contributed by atoms with van der Waals surface area (Å²) in [6.45, 7) is 21.8. The van der Waals surface area contributed by atoms with Gasteiger partial charge in [0.2, 0.25) is 5.91 Å². The predicted molar refractivity (Wildman–Crippen MR) is 609 cm³/mol. The summed E-state index contributed by atoms with van der Waals surface area (Å²) in [5.41, 5.74) is 24.6. The van der Waals surface area contributed by atoms with E-state index in [4.69, 9.17) is 182 Å². The lowest BCUT2D eigenvalue weighted by atomic mass is 9.95. The lowest BCUT2D eigenvalue weighted by Gasteiger charge is -2.34. The smallest absolute Gasteiger partial charge is 0.225 e. The van der Waals surface area contributed by atoms with Crippen molar-refractivity contribution in [3.05, 3.63) is 196 Å². The Labute approximate surface area is 916 Å². The highest BCUT2D eigenvalue weighted by atomic mass is 35.5. The minimum Gasteiger partial charge on any atom is -0.506 e. The van der Waals surface area contributed by atoms with Crippen molar-refractivity contribution < 1.29 is 50.4 Å².